The van der Waals surface area contributed by atoms with E-state index in [2.05, 4.69) is 10.2 Å². The van der Waals surface area contributed by atoms with E-state index in [-0.39, 0.29) is 6.61 Å². The summed E-state index contributed by atoms with van der Waals surface area (Å²) in [5.74, 6) is 0. The highest BCUT2D eigenvalue weighted by molar-refractivity contribution is 5.02. The summed E-state index contributed by atoms with van der Waals surface area (Å²) in [5, 5.41) is 15.5. The van der Waals surface area contributed by atoms with Crippen LogP contribution in [0.3, 0.4) is 0 Å². The SMILES string of the molecule is OCc1ccnnc1. The lowest BCUT2D eigenvalue weighted by molar-refractivity contribution is 0.281. The molecule has 0 unspecified atom stereocenters. The lowest BCUT2D eigenvalue weighted by atomic mass is 10.3. The Hall–Kier alpha value is -0.960. The quantitative estimate of drug-likeness (QED) is 0.552. The average molecular weight is 110 g/mol. The van der Waals surface area contributed by atoms with Crippen molar-refractivity contribution in [1.29, 1.82) is 0 Å². The van der Waals surface area contributed by atoms with Crippen LogP contribution in [0.5, 0.6) is 0 Å². The molecule has 0 fully saturated rings. The minimum Gasteiger partial charge on any atom is -0.392 e. The van der Waals surface area contributed by atoms with E-state index in [1.165, 1.54) is 6.20 Å². The summed E-state index contributed by atoms with van der Waals surface area (Å²) in [7, 11) is 0. The van der Waals surface area contributed by atoms with E-state index in [0.29, 0.717) is 0 Å². The van der Waals surface area contributed by atoms with Crippen molar-refractivity contribution in [3.63, 3.8) is 0 Å². The third-order valence-electron chi connectivity index (χ3n) is 0.828. The van der Waals surface area contributed by atoms with Crippen molar-refractivity contribution in [2.24, 2.45) is 0 Å². The van der Waals surface area contributed by atoms with Crippen LogP contribution in [0.15, 0.2) is 18.5 Å². The van der Waals surface area contributed by atoms with E-state index in [0.717, 1.165) is 5.56 Å². The van der Waals surface area contributed by atoms with Crippen LogP contribution in [0, 0.1) is 0 Å². The Bertz CT molecular complexity index is 152. The van der Waals surface area contributed by atoms with Crippen LogP contribution in [0.2, 0.25) is 0 Å². The highest BCUT2D eigenvalue weighted by atomic mass is 16.3. The van der Waals surface area contributed by atoms with E-state index >= 15 is 0 Å². The summed E-state index contributed by atoms with van der Waals surface area (Å²) in [5.41, 5.74) is 0.792. The molecule has 1 heterocycles. The van der Waals surface area contributed by atoms with Crippen LogP contribution in [-0.2, 0) is 6.61 Å². The fourth-order valence-electron chi connectivity index (χ4n) is 0.412. The van der Waals surface area contributed by atoms with Crippen molar-refractivity contribution in [2.45, 2.75) is 6.61 Å². The van der Waals surface area contributed by atoms with Gasteiger partial charge in [-0.2, -0.15) is 10.2 Å². The normalized spacial score (nSPS) is 9.12. The Labute approximate surface area is 47.0 Å². The molecule has 0 saturated carbocycles. The van der Waals surface area contributed by atoms with Crippen LogP contribution in [-0.4, -0.2) is 15.3 Å². The van der Waals surface area contributed by atoms with Crippen LogP contribution >= 0.6 is 0 Å². The zero-order chi connectivity index (χ0) is 5.82. The van der Waals surface area contributed by atoms with Crippen LogP contribution in [0.1, 0.15) is 5.56 Å². The summed E-state index contributed by atoms with van der Waals surface area (Å²) in [6.45, 7) is 0.0372. The van der Waals surface area contributed by atoms with Crippen molar-refractivity contribution in [2.75, 3.05) is 0 Å². The van der Waals surface area contributed by atoms with E-state index in [9.17, 15) is 0 Å². The van der Waals surface area contributed by atoms with Gasteiger partial charge in [-0.05, 0) is 11.6 Å². The summed E-state index contributed by atoms with van der Waals surface area (Å²) >= 11 is 0. The maximum atomic E-state index is 8.47. The molecule has 0 aliphatic rings. The van der Waals surface area contributed by atoms with Crippen molar-refractivity contribution < 1.29 is 5.11 Å². The van der Waals surface area contributed by atoms with Gasteiger partial charge in [-0.1, -0.05) is 0 Å². The topological polar surface area (TPSA) is 46.0 Å². The molecule has 0 atom stereocenters. The van der Waals surface area contributed by atoms with E-state index in [4.69, 9.17) is 5.11 Å². The number of hydrogen-bond acceptors (Lipinski definition) is 3. The molecular weight excluding hydrogens is 104 g/mol. The third kappa shape index (κ3) is 1.01. The molecule has 1 rings (SSSR count). The lowest BCUT2D eigenvalue weighted by Crippen LogP contribution is -1.84. The summed E-state index contributed by atoms with van der Waals surface area (Å²) in [6, 6.07) is 1.72. The largest absolute Gasteiger partial charge is 0.392 e. The van der Waals surface area contributed by atoms with Gasteiger partial charge in [0.05, 0.1) is 12.8 Å². The van der Waals surface area contributed by atoms with Gasteiger partial charge >= 0.3 is 0 Å². The fourth-order valence-corrected chi connectivity index (χ4v) is 0.412. The predicted octanol–water partition coefficient (Wildman–Crippen LogP) is -0.0311. The van der Waals surface area contributed by atoms with Crippen LogP contribution < -0.4 is 0 Å². The molecule has 42 valence electrons. The van der Waals surface area contributed by atoms with Crippen molar-refractivity contribution >= 4 is 0 Å². The van der Waals surface area contributed by atoms with Gasteiger partial charge in [0, 0.05) is 6.20 Å². The Morgan fingerprint density at radius 1 is 1.50 bits per heavy atom. The predicted molar refractivity (Wildman–Crippen MR) is 28.0 cm³/mol. The summed E-state index contributed by atoms with van der Waals surface area (Å²) in [6.07, 6.45) is 3.07. The standard InChI is InChI=1S/C5H6N2O/c8-4-5-1-2-6-7-3-5/h1-3,8H,4H2. The highest BCUT2D eigenvalue weighted by Gasteiger charge is 1.83. The van der Waals surface area contributed by atoms with E-state index in [1.54, 1.807) is 12.3 Å². The second kappa shape index (κ2) is 2.37. The van der Waals surface area contributed by atoms with Crippen molar-refractivity contribution in [1.82, 2.24) is 10.2 Å². The average Bonchev–Trinajstić information content (AvgIpc) is 1.90. The first kappa shape index (κ1) is 5.18. The first-order chi connectivity index (χ1) is 3.93. The summed E-state index contributed by atoms with van der Waals surface area (Å²) < 4.78 is 0. The zero-order valence-corrected chi connectivity index (χ0v) is 4.28. The molecule has 1 aromatic heterocycles. The maximum absolute atomic E-state index is 8.47. The molecule has 0 aliphatic carbocycles. The molecule has 8 heavy (non-hydrogen) atoms. The first-order valence-corrected chi connectivity index (χ1v) is 2.30. The van der Waals surface area contributed by atoms with Crippen molar-refractivity contribution in [3.8, 4) is 0 Å². The number of hydrogen-bond donors (Lipinski definition) is 1. The number of aromatic nitrogens is 2. The number of aliphatic hydroxyl groups excluding tert-OH is 1. The van der Waals surface area contributed by atoms with Gasteiger partial charge in [0.15, 0.2) is 0 Å². The fraction of sp³-hybridized carbons (Fsp3) is 0.200. The second-order valence-electron chi connectivity index (χ2n) is 1.41. The molecule has 0 radical (unpaired) electrons. The van der Waals surface area contributed by atoms with E-state index in [1.807, 2.05) is 0 Å². The van der Waals surface area contributed by atoms with Crippen LogP contribution in [0.25, 0.3) is 0 Å². The Morgan fingerprint density at radius 3 is 2.75 bits per heavy atom. The van der Waals surface area contributed by atoms with Gasteiger partial charge in [-0.3, -0.25) is 0 Å². The maximum Gasteiger partial charge on any atom is 0.0698 e. The minimum absolute atomic E-state index is 0.0372. The molecule has 1 N–H and O–H groups in total. The van der Waals surface area contributed by atoms with Gasteiger partial charge in [0.2, 0.25) is 0 Å². The molecular formula is C5H6N2O. The second-order valence-corrected chi connectivity index (χ2v) is 1.41. The zero-order valence-electron chi connectivity index (χ0n) is 4.28. The van der Waals surface area contributed by atoms with Crippen LogP contribution in [0.4, 0.5) is 0 Å². The molecule has 0 saturated heterocycles. The number of aliphatic hydroxyl groups is 1. The Morgan fingerprint density at radius 2 is 2.38 bits per heavy atom. The molecule has 3 heteroatoms. The molecule has 0 aromatic carbocycles. The molecule has 0 amide bonds. The van der Waals surface area contributed by atoms with Gasteiger partial charge in [-0.15, -0.1) is 0 Å². The Kier molecular flexibility index (Phi) is 1.54. The monoisotopic (exact) mass is 110 g/mol. The smallest absolute Gasteiger partial charge is 0.0698 e. The van der Waals surface area contributed by atoms with Gasteiger partial charge in [-0.25, -0.2) is 0 Å². The minimum atomic E-state index is 0.0372. The van der Waals surface area contributed by atoms with E-state index < -0.39 is 0 Å². The number of nitrogens with zero attached hydrogens (tertiary/aromatic N) is 2. The van der Waals surface area contributed by atoms with Gasteiger partial charge < -0.3 is 5.11 Å². The van der Waals surface area contributed by atoms with Gasteiger partial charge in [0.1, 0.15) is 0 Å². The van der Waals surface area contributed by atoms with Crippen molar-refractivity contribution in [3.05, 3.63) is 24.0 Å². The molecule has 0 aliphatic heterocycles. The lowest BCUT2D eigenvalue weighted by Gasteiger charge is -1.87. The number of rotatable bonds is 1. The molecule has 1 aromatic rings. The highest BCUT2D eigenvalue weighted by Crippen LogP contribution is 1.89. The Balaban J connectivity index is 2.83. The molecule has 0 spiro atoms. The third-order valence-corrected chi connectivity index (χ3v) is 0.828. The summed E-state index contributed by atoms with van der Waals surface area (Å²) in [4.78, 5) is 0. The molecule has 3 nitrogen and oxygen atoms in total. The first-order valence-electron chi connectivity index (χ1n) is 2.30. The molecule has 0 bridgehead atoms. The van der Waals surface area contributed by atoms with Gasteiger partial charge in [0.25, 0.3) is 0 Å².